The summed E-state index contributed by atoms with van der Waals surface area (Å²) in [5, 5.41) is 3.23. The fraction of sp³-hybridized carbons (Fsp3) is 0.241. The molecule has 4 rings (SSSR count). The van der Waals surface area contributed by atoms with Crippen LogP contribution in [0.1, 0.15) is 36.9 Å². The van der Waals surface area contributed by atoms with E-state index in [-0.39, 0.29) is 17.2 Å². The van der Waals surface area contributed by atoms with Crippen molar-refractivity contribution in [1.82, 2.24) is 14.9 Å². The van der Waals surface area contributed by atoms with E-state index in [1.165, 1.54) is 24.3 Å². The Kier molecular flexibility index (Phi) is 9.54. The van der Waals surface area contributed by atoms with Crippen molar-refractivity contribution in [2.75, 3.05) is 10.8 Å². The SMILES string of the molecule is C[C@H](c1ccccc1CCC(=O)NCCCn1ccnc1)N(c1cc(F)ccc1F)S(=O)(=O)c1ccc(Cl)cc1. The van der Waals surface area contributed by atoms with Gasteiger partial charge in [-0.15, -0.1) is 0 Å². The fourth-order valence-corrected chi connectivity index (χ4v) is 6.22. The Morgan fingerprint density at radius 3 is 2.58 bits per heavy atom. The number of hydrogen-bond donors (Lipinski definition) is 1. The predicted molar refractivity (Wildman–Crippen MR) is 151 cm³/mol. The smallest absolute Gasteiger partial charge is 0.264 e. The Hall–Kier alpha value is -3.76. The standard InChI is InChI=1S/C29H29ClF2N4O3S/c1-21(26-6-3-2-5-22(26)7-14-29(37)34-15-4-17-35-18-16-33-20-35)36(28-19-24(31)10-13-27(28)32)40(38,39)25-11-8-23(30)9-12-25/h2-3,5-6,8-13,16,18-21H,4,7,14-15,17H2,1H3,(H,34,37)/t21-/m1/s1. The first kappa shape index (κ1) is 29.2. The largest absolute Gasteiger partial charge is 0.356 e. The number of aryl methyl sites for hydroxylation is 2. The number of anilines is 1. The molecule has 1 atom stereocenters. The monoisotopic (exact) mass is 586 g/mol. The number of hydrogen-bond acceptors (Lipinski definition) is 4. The summed E-state index contributed by atoms with van der Waals surface area (Å²) in [5.74, 6) is -1.81. The Morgan fingerprint density at radius 2 is 1.85 bits per heavy atom. The van der Waals surface area contributed by atoms with E-state index in [9.17, 15) is 17.6 Å². The molecule has 0 fully saturated rings. The number of nitrogens with one attached hydrogen (secondary N) is 1. The topological polar surface area (TPSA) is 84.3 Å². The second kappa shape index (κ2) is 13.1. The number of carbonyl (C=O) groups is 1. The highest BCUT2D eigenvalue weighted by Crippen LogP contribution is 2.37. The minimum atomic E-state index is -4.36. The third-order valence-corrected chi connectivity index (χ3v) is 8.62. The van der Waals surface area contributed by atoms with Crippen molar-refractivity contribution in [3.8, 4) is 0 Å². The first-order valence-electron chi connectivity index (χ1n) is 12.7. The van der Waals surface area contributed by atoms with E-state index in [2.05, 4.69) is 10.3 Å². The molecular weight excluding hydrogens is 558 g/mol. The van der Waals surface area contributed by atoms with Gasteiger partial charge in [0.05, 0.1) is 23.0 Å². The number of carbonyl (C=O) groups excluding carboxylic acids is 1. The molecule has 1 N–H and O–H groups in total. The van der Waals surface area contributed by atoms with Crippen LogP contribution in [-0.2, 0) is 27.8 Å². The molecule has 0 saturated heterocycles. The summed E-state index contributed by atoms with van der Waals surface area (Å²) in [4.78, 5) is 16.4. The zero-order valence-corrected chi connectivity index (χ0v) is 23.4. The quantitative estimate of drug-likeness (QED) is 0.209. The molecule has 40 heavy (non-hydrogen) atoms. The van der Waals surface area contributed by atoms with Crippen molar-refractivity contribution in [3.63, 3.8) is 0 Å². The number of rotatable bonds is 12. The second-order valence-corrected chi connectivity index (χ2v) is 11.5. The van der Waals surface area contributed by atoms with Gasteiger partial charge < -0.3 is 9.88 Å². The number of aromatic nitrogens is 2. The Morgan fingerprint density at radius 1 is 1.10 bits per heavy atom. The lowest BCUT2D eigenvalue weighted by molar-refractivity contribution is -0.121. The molecule has 7 nitrogen and oxygen atoms in total. The van der Waals surface area contributed by atoms with Gasteiger partial charge in [0, 0.05) is 43.0 Å². The average Bonchev–Trinajstić information content (AvgIpc) is 3.46. The summed E-state index contributed by atoms with van der Waals surface area (Å²) in [6.45, 7) is 2.84. The number of benzene rings is 3. The van der Waals surface area contributed by atoms with E-state index < -0.39 is 33.4 Å². The molecule has 0 bridgehead atoms. The van der Waals surface area contributed by atoms with Crippen LogP contribution in [0.3, 0.4) is 0 Å². The molecule has 210 valence electrons. The predicted octanol–water partition coefficient (Wildman–Crippen LogP) is 5.91. The molecule has 1 amide bonds. The van der Waals surface area contributed by atoms with E-state index in [0.29, 0.717) is 23.6 Å². The first-order valence-corrected chi connectivity index (χ1v) is 14.5. The summed E-state index contributed by atoms with van der Waals surface area (Å²) in [6.07, 6.45) is 6.51. The number of amides is 1. The third-order valence-electron chi connectivity index (χ3n) is 6.47. The summed E-state index contributed by atoms with van der Waals surface area (Å²) in [6, 6.07) is 14.3. The van der Waals surface area contributed by atoms with Gasteiger partial charge in [0.15, 0.2) is 0 Å². The lowest BCUT2D eigenvalue weighted by atomic mass is 9.97. The van der Waals surface area contributed by atoms with Crippen molar-refractivity contribution in [1.29, 1.82) is 0 Å². The maximum atomic E-state index is 15.0. The fourth-order valence-electron chi connectivity index (χ4n) is 4.46. The first-order chi connectivity index (χ1) is 19.2. The van der Waals surface area contributed by atoms with Crippen LogP contribution < -0.4 is 9.62 Å². The van der Waals surface area contributed by atoms with E-state index in [4.69, 9.17) is 11.6 Å². The lowest BCUT2D eigenvalue weighted by Gasteiger charge is -2.32. The molecule has 0 unspecified atom stereocenters. The van der Waals surface area contributed by atoms with Gasteiger partial charge in [-0.2, -0.15) is 0 Å². The third kappa shape index (κ3) is 7.05. The van der Waals surface area contributed by atoms with Crippen LogP contribution in [-0.4, -0.2) is 30.4 Å². The lowest BCUT2D eigenvalue weighted by Crippen LogP contribution is -2.35. The Labute approximate surface area is 237 Å². The Bertz CT molecular complexity index is 1550. The van der Waals surface area contributed by atoms with Crippen LogP contribution in [0.5, 0.6) is 0 Å². The maximum absolute atomic E-state index is 15.0. The van der Waals surface area contributed by atoms with Crippen molar-refractivity contribution in [2.24, 2.45) is 0 Å². The highest BCUT2D eigenvalue weighted by Gasteiger charge is 2.33. The molecule has 0 aliphatic heterocycles. The van der Waals surface area contributed by atoms with Crippen LogP contribution >= 0.6 is 11.6 Å². The molecule has 0 spiro atoms. The average molecular weight is 587 g/mol. The van der Waals surface area contributed by atoms with E-state index in [1.807, 2.05) is 10.8 Å². The number of nitrogens with zero attached hydrogens (tertiary/aromatic N) is 3. The summed E-state index contributed by atoms with van der Waals surface area (Å²) < 4.78 is 59.8. The number of sulfonamides is 1. The molecular formula is C29H29ClF2N4O3S. The van der Waals surface area contributed by atoms with Crippen molar-refractivity contribution >= 4 is 33.2 Å². The van der Waals surface area contributed by atoms with Crippen molar-refractivity contribution < 1.29 is 22.0 Å². The second-order valence-electron chi connectivity index (χ2n) is 9.23. The number of halogens is 3. The molecule has 3 aromatic carbocycles. The van der Waals surface area contributed by atoms with Crippen LogP contribution in [0.25, 0.3) is 0 Å². The highest BCUT2D eigenvalue weighted by molar-refractivity contribution is 7.92. The summed E-state index contributed by atoms with van der Waals surface area (Å²) in [7, 11) is -4.36. The van der Waals surface area contributed by atoms with Crippen LogP contribution in [0.4, 0.5) is 14.5 Å². The summed E-state index contributed by atoms with van der Waals surface area (Å²) >= 11 is 5.95. The van der Waals surface area contributed by atoms with Gasteiger partial charge in [0.1, 0.15) is 11.6 Å². The van der Waals surface area contributed by atoms with Crippen molar-refractivity contribution in [3.05, 3.63) is 113 Å². The van der Waals surface area contributed by atoms with Gasteiger partial charge >= 0.3 is 0 Å². The van der Waals surface area contributed by atoms with Crippen LogP contribution in [0.2, 0.25) is 5.02 Å². The molecule has 4 aromatic rings. The zero-order valence-electron chi connectivity index (χ0n) is 21.8. The van der Waals surface area contributed by atoms with Crippen molar-refractivity contribution in [2.45, 2.75) is 43.7 Å². The van der Waals surface area contributed by atoms with Gasteiger partial charge in [-0.3, -0.25) is 9.10 Å². The van der Waals surface area contributed by atoms with Gasteiger partial charge in [0.25, 0.3) is 10.0 Å². The molecule has 1 heterocycles. The molecule has 1 aromatic heterocycles. The minimum Gasteiger partial charge on any atom is -0.356 e. The van der Waals surface area contributed by atoms with E-state index >= 15 is 4.39 Å². The van der Waals surface area contributed by atoms with Gasteiger partial charge in [-0.05, 0) is 67.3 Å². The van der Waals surface area contributed by atoms with Crippen LogP contribution in [0.15, 0.2) is 90.3 Å². The molecule has 11 heteroatoms. The summed E-state index contributed by atoms with van der Waals surface area (Å²) in [5.41, 5.74) is 0.862. The van der Waals surface area contributed by atoms with Gasteiger partial charge in [-0.1, -0.05) is 35.9 Å². The normalized spacial score (nSPS) is 12.2. The van der Waals surface area contributed by atoms with Gasteiger partial charge in [-0.25, -0.2) is 22.2 Å². The Balaban J connectivity index is 1.57. The van der Waals surface area contributed by atoms with E-state index in [0.717, 1.165) is 41.0 Å². The minimum absolute atomic E-state index is 0.125. The molecule has 0 aliphatic carbocycles. The van der Waals surface area contributed by atoms with E-state index in [1.54, 1.807) is 43.7 Å². The van der Waals surface area contributed by atoms with Gasteiger partial charge in [0.2, 0.25) is 5.91 Å². The molecule has 0 aliphatic rings. The molecule has 0 saturated carbocycles. The molecule has 0 radical (unpaired) electrons. The number of imidazole rings is 1. The maximum Gasteiger partial charge on any atom is 0.264 e. The highest BCUT2D eigenvalue weighted by atomic mass is 35.5. The van der Waals surface area contributed by atoms with Crippen LogP contribution in [0, 0.1) is 11.6 Å². The zero-order chi connectivity index (χ0) is 28.7.